The maximum Gasteiger partial charge on any atom is 0.237 e. The third kappa shape index (κ3) is 6.29. The summed E-state index contributed by atoms with van der Waals surface area (Å²) in [6.45, 7) is 6.37. The van der Waals surface area contributed by atoms with Crippen molar-refractivity contribution in [3.63, 3.8) is 0 Å². The van der Waals surface area contributed by atoms with Crippen molar-refractivity contribution < 1.29 is 18.8 Å². The molecule has 34 heavy (non-hydrogen) atoms. The van der Waals surface area contributed by atoms with Crippen LogP contribution in [0, 0.1) is 5.82 Å². The van der Waals surface area contributed by atoms with E-state index in [0.29, 0.717) is 41.6 Å². The summed E-state index contributed by atoms with van der Waals surface area (Å²) in [6, 6.07) is 11.2. The maximum atomic E-state index is 15.8. The fourth-order valence-electron chi connectivity index (χ4n) is 4.35. The van der Waals surface area contributed by atoms with Gasteiger partial charge in [0.05, 0.1) is 6.04 Å². The molecular formula is C27H34FN3O3. The van der Waals surface area contributed by atoms with Gasteiger partial charge in [0.25, 0.3) is 0 Å². The van der Waals surface area contributed by atoms with Gasteiger partial charge in [-0.2, -0.15) is 0 Å². The highest BCUT2D eigenvalue weighted by atomic mass is 19.1. The molecule has 3 rings (SSSR count). The molecule has 1 saturated heterocycles. The van der Waals surface area contributed by atoms with Gasteiger partial charge in [-0.15, -0.1) is 0 Å². The monoisotopic (exact) mass is 467 g/mol. The first kappa shape index (κ1) is 25.6. The third-order valence-electron chi connectivity index (χ3n) is 6.16. The van der Waals surface area contributed by atoms with Crippen LogP contribution in [0.5, 0.6) is 0 Å². The highest BCUT2D eigenvalue weighted by Crippen LogP contribution is 2.36. The van der Waals surface area contributed by atoms with Gasteiger partial charge in [0, 0.05) is 25.5 Å². The van der Waals surface area contributed by atoms with E-state index < -0.39 is 6.04 Å². The standard InChI is InChI=1S/C27H34FN3O3/c1-17(2)20-13-14-21(24(25(20)28)19-9-5-4-6-10-19)26(23(33)12-8-15-29-18(3)32)31-27(34)22-11-7-16-30-22/h4-6,9-10,13-14,17,22,26,30H,7-8,11-12,15-16H2,1-3H3,(H,29,32)(H,31,34). The highest BCUT2D eigenvalue weighted by molar-refractivity contribution is 5.93. The minimum atomic E-state index is -0.988. The minimum absolute atomic E-state index is 0.0411. The van der Waals surface area contributed by atoms with E-state index in [2.05, 4.69) is 16.0 Å². The van der Waals surface area contributed by atoms with Crippen LogP contribution in [-0.4, -0.2) is 36.7 Å². The van der Waals surface area contributed by atoms with Gasteiger partial charge in [0.2, 0.25) is 11.8 Å². The molecule has 0 radical (unpaired) electrons. The molecule has 3 N–H and O–H groups in total. The SMILES string of the molecule is CC(=O)NCCCC(=O)C(NC(=O)C1CCCN1)c1ccc(C(C)C)c(F)c1-c1ccccc1. The zero-order valence-corrected chi connectivity index (χ0v) is 20.1. The van der Waals surface area contributed by atoms with Crippen LogP contribution < -0.4 is 16.0 Å². The summed E-state index contributed by atoms with van der Waals surface area (Å²) in [4.78, 5) is 37.5. The number of benzene rings is 2. The molecule has 0 aliphatic carbocycles. The number of Topliss-reactive ketones (excluding diaryl/α,β-unsaturated/α-hetero) is 1. The third-order valence-corrected chi connectivity index (χ3v) is 6.16. The minimum Gasteiger partial charge on any atom is -0.356 e. The van der Waals surface area contributed by atoms with E-state index in [4.69, 9.17) is 0 Å². The topological polar surface area (TPSA) is 87.3 Å². The molecule has 2 amide bonds. The fourth-order valence-corrected chi connectivity index (χ4v) is 4.35. The Morgan fingerprint density at radius 2 is 1.79 bits per heavy atom. The van der Waals surface area contributed by atoms with E-state index in [1.54, 1.807) is 12.1 Å². The van der Waals surface area contributed by atoms with Crippen molar-refractivity contribution in [2.75, 3.05) is 13.1 Å². The van der Waals surface area contributed by atoms with Gasteiger partial charge in [-0.3, -0.25) is 14.4 Å². The lowest BCUT2D eigenvalue weighted by atomic mass is 9.87. The molecule has 2 aromatic carbocycles. The summed E-state index contributed by atoms with van der Waals surface area (Å²) in [6.07, 6.45) is 2.16. The largest absolute Gasteiger partial charge is 0.356 e. The van der Waals surface area contributed by atoms with Crippen LogP contribution in [0.1, 0.15) is 69.5 Å². The highest BCUT2D eigenvalue weighted by Gasteiger charge is 2.31. The molecule has 0 spiro atoms. The van der Waals surface area contributed by atoms with Crippen molar-refractivity contribution in [1.82, 2.24) is 16.0 Å². The molecule has 0 saturated carbocycles. The number of amides is 2. The summed E-state index contributed by atoms with van der Waals surface area (Å²) in [5.74, 6) is -1.05. The summed E-state index contributed by atoms with van der Waals surface area (Å²) in [5.41, 5.74) is 2.00. The number of hydrogen-bond acceptors (Lipinski definition) is 4. The van der Waals surface area contributed by atoms with Crippen molar-refractivity contribution >= 4 is 17.6 Å². The van der Waals surface area contributed by atoms with Gasteiger partial charge in [-0.05, 0) is 48.4 Å². The van der Waals surface area contributed by atoms with Gasteiger partial charge in [0.15, 0.2) is 5.78 Å². The van der Waals surface area contributed by atoms with Crippen LogP contribution >= 0.6 is 0 Å². The van der Waals surface area contributed by atoms with Crippen molar-refractivity contribution in [2.45, 2.75) is 64.5 Å². The Kier molecular flexibility index (Phi) is 8.93. The predicted octanol–water partition coefficient (Wildman–Crippen LogP) is 4.01. The molecule has 2 aromatic rings. The van der Waals surface area contributed by atoms with E-state index in [9.17, 15) is 14.4 Å². The van der Waals surface area contributed by atoms with Crippen LogP contribution in [0.3, 0.4) is 0 Å². The molecule has 2 unspecified atom stereocenters. The lowest BCUT2D eigenvalue weighted by molar-refractivity contribution is -0.129. The average Bonchev–Trinajstić information content (AvgIpc) is 3.35. The van der Waals surface area contributed by atoms with Gasteiger partial charge in [-0.25, -0.2) is 4.39 Å². The Hall–Kier alpha value is -3.06. The Labute approximate surface area is 200 Å². The number of ketones is 1. The average molecular weight is 468 g/mol. The first-order valence-electron chi connectivity index (χ1n) is 12.0. The normalized spacial score (nSPS) is 16.3. The Bertz CT molecular complexity index is 1020. The number of nitrogens with one attached hydrogen (secondary N) is 3. The molecule has 1 aliphatic rings. The van der Waals surface area contributed by atoms with Crippen molar-refractivity contribution in [3.05, 3.63) is 59.4 Å². The molecule has 0 bridgehead atoms. The number of hydrogen-bond donors (Lipinski definition) is 3. The predicted molar refractivity (Wildman–Crippen MR) is 131 cm³/mol. The second-order valence-electron chi connectivity index (χ2n) is 9.10. The summed E-state index contributed by atoms with van der Waals surface area (Å²) < 4.78 is 15.8. The molecule has 182 valence electrons. The van der Waals surface area contributed by atoms with E-state index >= 15 is 4.39 Å². The van der Waals surface area contributed by atoms with Crippen LogP contribution in [0.4, 0.5) is 4.39 Å². The van der Waals surface area contributed by atoms with Crippen LogP contribution in [-0.2, 0) is 14.4 Å². The van der Waals surface area contributed by atoms with Gasteiger partial charge < -0.3 is 16.0 Å². The second kappa shape index (κ2) is 11.9. The van der Waals surface area contributed by atoms with Gasteiger partial charge >= 0.3 is 0 Å². The van der Waals surface area contributed by atoms with Crippen LogP contribution in [0.25, 0.3) is 11.1 Å². The first-order valence-corrected chi connectivity index (χ1v) is 12.0. The summed E-state index contributed by atoms with van der Waals surface area (Å²) in [7, 11) is 0. The van der Waals surface area contributed by atoms with Crippen molar-refractivity contribution in [3.8, 4) is 11.1 Å². The number of carbonyl (C=O) groups excluding carboxylic acids is 3. The quantitative estimate of drug-likeness (QED) is 0.461. The molecular weight excluding hydrogens is 433 g/mol. The summed E-state index contributed by atoms with van der Waals surface area (Å²) in [5, 5.41) is 8.74. The first-order chi connectivity index (χ1) is 16.3. The molecule has 7 heteroatoms. The Morgan fingerprint density at radius 3 is 2.41 bits per heavy atom. The number of rotatable bonds is 10. The Morgan fingerprint density at radius 1 is 1.09 bits per heavy atom. The van der Waals surface area contributed by atoms with Crippen molar-refractivity contribution in [2.24, 2.45) is 0 Å². The molecule has 2 atom stereocenters. The Balaban J connectivity index is 2.01. The zero-order chi connectivity index (χ0) is 24.7. The fraction of sp³-hybridized carbons (Fsp3) is 0.444. The molecule has 1 aliphatic heterocycles. The van der Waals surface area contributed by atoms with Crippen LogP contribution in [0.2, 0.25) is 0 Å². The lowest BCUT2D eigenvalue weighted by Gasteiger charge is -2.25. The van der Waals surface area contributed by atoms with Gasteiger partial charge in [0.1, 0.15) is 11.9 Å². The van der Waals surface area contributed by atoms with Gasteiger partial charge in [-0.1, -0.05) is 56.3 Å². The van der Waals surface area contributed by atoms with E-state index in [-0.39, 0.29) is 41.8 Å². The van der Waals surface area contributed by atoms with E-state index in [1.807, 2.05) is 44.2 Å². The zero-order valence-electron chi connectivity index (χ0n) is 20.1. The number of carbonyl (C=O) groups is 3. The molecule has 6 nitrogen and oxygen atoms in total. The maximum absolute atomic E-state index is 15.8. The molecule has 0 aromatic heterocycles. The second-order valence-corrected chi connectivity index (χ2v) is 9.10. The van der Waals surface area contributed by atoms with E-state index in [0.717, 1.165) is 13.0 Å². The molecule has 1 heterocycles. The lowest BCUT2D eigenvalue weighted by Crippen LogP contribution is -2.44. The number of halogens is 1. The van der Waals surface area contributed by atoms with Crippen molar-refractivity contribution in [1.29, 1.82) is 0 Å². The summed E-state index contributed by atoms with van der Waals surface area (Å²) >= 11 is 0. The van der Waals surface area contributed by atoms with E-state index in [1.165, 1.54) is 6.92 Å². The molecule has 1 fully saturated rings. The van der Waals surface area contributed by atoms with Crippen LogP contribution in [0.15, 0.2) is 42.5 Å². The smallest absolute Gasteiger partial charge is 0.237 e.